The molecule has 6 heteroatoms. The van der Waals surface area contributed by atoms with E-state index in [1.54, 1.807) is 12.4 Å². The van der Waals surface area contributed by atoms with Gasteiger partial charge in [-0.1, -0.05) is 68.4 Å². The Hall–Kier alpha value is -3.41. The Bertz CT molecular complexity index is 911. The average Bonchev–Trinajstić information content (AvgIpc) is 2.78. The number of nitrogens with zero attached hydrogens (tertiary/aromatic N) is 2. The van der Waals surface area contributed by atoms with Crippen LogP contribution >= 0.6 is 0 Å². The van der Waals surface area contributed by atoms with Crippen LogP contribution in [0.4, 0.5) is 4.79 Å². The van der Waals surface area contributed by atoms with Crippen molar-refractivity contribution in [3.8, 4) is 17.1 Å². The maximum absolute atomic E-state index is 11.7. The fraction of sp³-hybridized carbons (Fsp3) is 0.292. The maximum Gasteiger partial charge on any atom is 0.407 e. The number of carbonyl (C=O) groups excluding carboxylic acids is 1. The highest BCUT2D eigenvalue weighted by Crippen LogP contribution is 2.20. The van der Waals surface area contributed by atoms with Crippen LogP contribution in [0.5, 0.6) is 5.75 Å². The smallest absolute Gasteiger partial charge is 0.407 e. The van der Waals surface area contributed by atoms with Gasteiger partial charge in [0.05, 0.1) is 19.0 Å². The summed E-state index contributed by atoms with van der Waals surface area (Å²) < 4.78 is 10.8. The lowest BCUT2D eigenvalue weighted by Crippen LogP contribution is -2.26. The molecule has 156 valence electrons. The van der Waals surface area contributed by atoms with E-state index in [-0.39, 0.29) is 6.61 Å². The first kappa shape index (κ1) is 21.3. The standard InChI is InChI=1S/C24H27N3O3/c1-18(2)20-9-11-21(12-10-20)23-26-15-22(16-27-23)29-14-6-13-25-24(28)30-17-19-7-4-3-5-8-19/h3-5,7-12,15-16,18H,6,13-14,17H2,1-2H3,(H,25,28). The van der Waals surface area contributed by atoms with Crippen molar-refractivity contribution in [3.05, 3.63) is 78.1 Å². The average molecular weight is 405 g/mol. The molecule has 3 aromatic rings. The number of aromatic nitrogens is 2. The Morgan fingerprint density at radius 3 is 2.37 bits per heavy atom. The summed E-state index contributed by atoms with van der Waals surface area (Å²) in [6, 6.07) is 17.8. The number of hydrogen-bond donors (Lipinski definition) is 1. The number of rotatable bonds is 9. The molecule has 2 aromatic carbocycles. The molecule has 0 aliphatic heterocycles. The summed E-state index contributed by atoms with van der Waals surface area (Å²) in [5, 5.41) is 2.71. The molecule has 0 unspecified atom stereocenters. The number of carbonyl (C=O) groups is 1. The van der Waals surface area contributed by atoms with Gasteiger partial charge in [-0.3, -0.25) is 0 Å². The van der Waals surface area contributed by atoms with Gasteiger partial charge in [0.25, 0.3) is 0 Å². The Morgan fingerprint density at radius 1 is 1.00 bits per heavy atom. The second-order valence-electron chi connectivity index (χ2n) is 7.21. The third kappa shape index (κ3) is 6.58. The minimum absolute atomic E-state index is 0.257. The van der Waals surface area contributed by atoms with Crippen LogP contribution in [0.15, 0.2) is 67.0 Å². The molecule has 0 aliphatic rings. The summed E-state index contributed by atoms with van der Waals surface area (Å²) in [5.41, 5.74) is 3.22. The lowest BCUT2D eigenvalue weighted by Gasteiger charge is -2.09. The zero-order valence-corrected chi connectivity index (χ0v) is 17.4. The van der Waals surface area contributed by atoms with Gasteiger partial charge in [-0.05, 0) is 23.5 Å². The van der Waals surface area contributed by atoms with Gasteiger partial charge < -0.3 is 14.8 Å². The molecule has 1 N–H and O–H groups in total. The second kappa shape index (κ2) is 11.0. The van der Waals surface area contributed by atoms with Gasteiger partial charge in [-0.15, -0.1) is 0 Å². The SMILES string of the molecule is CC(C)c1ccc(-c2ncc(OCCCNC(=O)OCc3ccccc3)cn2)cc1. The summed E-state index contributed by atoms with van der Waals surface area (Å²) in [5.74, 6) is 1.76. The van der Waals surface area contributed by atoms with Gasteiger partial charge in [-0.25, -0.2) is 14.8 Å². The first-order valence-electron chi connectivity index (χ1n) is 10.1. The van der Waals surface area contributed by atoms with Crippen LogP contribution in [0.25, 0.3) is 11.4 Å². The number of nitrogens with one attached hydrogen (secondary N) is 1. The zero-order valence-electron chi connectivity index (χ0n) is 17.4. The number of hydrogen-bond acceptors (Lipinski definition) is 5. The van der Waals surface area contributed by atoms with Crippen molar-refractivity contribution >= 4 is 6.09 Å². The maximum atomic E-state index is 11.7. The minimum Gasteiger partial charge on any atom is -0.490 e. The molecule has 1 heterocycles. The van der Waals surface area contributed by atoms with E-state index in [0.29, 0.717) is 37.1 Å². The van der Waals surface area contributed by atoms with E-state index >= 15 is 0 Å². The Morgan fingerprint density at radius 2 is 1.70 bits per heavy atom. The topological polar surface area (TPSA) is 73.3 Å². The quantitative estimate of drug-likeness (QED) is 0.509. The Labute approximate surface area is 177 Å². The molecule has 0 atom stereocenters. The van der Waals surface area contributed by atoms with Gasteiger partial charge in [0, 0.05) is 12.1 Å². The normalized spacial score (nSPS) is 10.6. The highest BCUT2D eigenvalue weighted by Gasteiger charge is 2.05. The van der Waals surface area contributed by atoms with Crippen molar-refractivity contribution < 1.29 is 14.3 Å². The summed E-state index contributed by atoms with van der Waals surface area (Å²) in [4.78, 5) is 20.4. The summed E-state index contributed by atoms with van der Waals surface area (Å²) in [6.07, 6.45) is 3.55. The molecule has 0 saturated heterocycles. The van der Waals surface area contributed by atoms with Crippen LogP contribution in [0, 0.1) is 0 Å². The van der Waals surface area contributed by atoms with E-state index in [1.807, 2.05) is 42.5 Å². The van der Waals surface area contributed by atoms with Crippen molar-refractivity contribution in [1.82, 2.24) is 15.3 Å². The third-order valence-corrected chi connectivity index (χ3v) is 4.54. The first-order chi connectivity index (χ1) is 14.6. The molecule has 1 aromatic heterocycles. The van der Waals surface area contributed by atoms with Crippen LogP contribution in [0.1, 0.15) is 37.3 Å². The summed E-state index contributed by atoms with van der Waals surface area (Å²) >= 11 is 0. The van der Waals surface area contributed by atoms with E-state index < -0.39 is 6.09 Å². The first-order valence-corrected chi connectivity index (χ1v) is 10.1. The molecule has 0 bridgehead atoms. The lowest BCUT2D eigenvalue weighted by molar-refractivity contribution is 0.139. The van der Waals surface area contributed by atoms with Gasteiger partial charge in [0.2, 0.25) is 0 Å². The molecule has 0 spiro atoms. The molecular weight excluding hydrogens is 378 g/mol. The fourth-order valence-corrected chi connectivity index (χ4v) is 2.78. The summed E-state index contributed by atoms with van der Waals surface area (Å²) in [6.45, 7) is 5.51. The molecular formula is C24H27N3O3. The van der Waals surface area contributed by atoms with Crippen LogP contribution < -0.4 is 10.1 Å². The Kier molecular flexibility index (Phi) is 7.78. The highest BCUT2D eigenvalue weighted by atomic mass is 16.5. The largest absolute Gasteiger partial charge is 0.490 e. The molecule has 1 amide bonds. The van der Waals surface area contributed by atoms with E-state index in [4.69, 9.17) is 9.47 Å². The van der Waals surface area contributed by atoms with Crippen LogP contribution in [0.3, 0.4) is 0 Å². The van der Waals surface area contributed by atoms with Crippen molar-refractivity contribution in [2.24, 2.45) is 0 Å². The van der Waals surface area contributed by atoms with Gasteiger partial charge >= 0.3 is 6.09 Å². The summed E-state index contributed by atoms with van der Waals surface area (Å²) in [7, 11) is 0. The van der Waals surface area contributed by atoms with E-state index in [1.165, 1.54) is 5.56 Å². The fourth-order valence-electron chi connectivity index (χ4n) is 2.78. The molecule has 0 radical (unpaired) electrons. The number of benzene rings is 2. The van der Waals surface area contributed by atoms with Crippen molar-refractivity contribution in [3.63, 3.8) is 0 Å². The van der Waals surface area contributed by atoms with Crippen molar-refractivity contribution in [2.45, 2.75) is 32.8 Å². The lowest BCUT2D eigenvalue weighted by atomic mass is 10.0. The van der Waals surface area contributed by atoms with E-state index in [9.17, 15) is 4.79 Å². The number of alkyl carbamates (subject to hydrolysis) is 1. The third-order valence-electron chi connectivity index (χ3n) is 4.54. The van der Waals surface area contributed by atoms with Gasteiger partial charge in [-0.2, -0.15) is 0 Å². The zero-order chi connectivity index (χ0) is 21.2. The van der Waals surface area contributed by atoms with Crippen LogP contribution in [-0.2, 0) is 11.3 Å². The highest BCUT2D eigenvalue weighted by molar-refractivity contribution is 5.67. The minimum atomic E-state index is -0.435. The van der Waals surface area contributed by atoms with E-state index in [0.717, 1.165) is 11.1 Å². The van der Waals surface area contributed by atoms with Crippen molar-refractivity contribution in [1.29, 1.82) is 0 Å². The van der Waals surface area contributed by atoms with Gasteiger partial charge in [0.1, 0.15) is 6.61 Å². The molecule has 6 nitrogen and oxygen atoms in total. The molecule has 0 fully saturated rings. The van der Waals surface area contributed by atoms with Crippen molar-refractivity contribution in [2.75, 3.05) is 13.2 Å². The monoisotopic (exact) mass is 405 g/mol. The predicted molar refractivity (Wildman–Crippen MR) is 116 cm³/mol. The van der Waals surface area contributed by atoms with Crippen LogP contribution in [0.2, 0.25) is 0 Å². The van der Waals surface area contributed by atoms with Gasteiger partial charge in [0.15, 0.2) is 11.6 Å². The molecule has 0 aliphatic carbocycles. The number of ether oxygens (including phenoxy) is 2. The van der Waals surface area contributed by atoms with E-state index in [2.05, 4.69) is 41.3 Å². The molecule has 0 saturated carbocycles. The number of amides is 1. The Balaban J connectivity index is 1.34. The second-order valence-corrected chi connectivity index (χ2v) is 7.21. The molecule has 30 heavy (non-hydrogen) atoms. The predicted octanol–water partition coefficient (Wildman–Crippen LogP) is 4.96. The molecule has 3 rings (SSSR count). The van der Waals surface area contributed by atoms with Crippen LogP contribution in [-0.4, -0.2) is 29.2 Å².